The van der Waals surface area contributed by atoms with Crippen LogP contribution in [-0.4, -0.2) is 12.5 Å². The second kappa shape index (κ2) is 9.28. The highest BCUT2D eigenvalue weighted by atomic mass is 35.5. The third kappa shape index (κ3) is 4.53. The standard InChI is InChI=1S/C26H22ClNO4/c1-3-17-6-4-5-7-22(17)28-24(29)15-31-20-12-13-21-23(14-20)32-16(2)25(26(21)30)18-8-10-19(27)11-9-18/h4-14H,3,15H2,1-2H3,(H,28,29). The molecule has 0 fully saturated rings. The van der Waals surface area contributed by atoms with Crippen LogP contribution in [0.5, 0.6) is 5.75 Å². The van der Waals surface area contributed by atoms with Crippen LogP contribution in [0.1, 0.15) is 18.2 Å². The number of hydrogen-bond acceptors (Lipinski definition) is 4. The van der Waals surface area contributed by atoms with E-state index in [0.717, 1.165) is 23.2 Å². The Morgan fingerprint density at radius 1 is 1.06 bits per heavy atom. The van der Waals surface area contributed by atoms with Gasteiger partial charge in [-0.1, -0.05) is 48.9 Å². The van der Waals surface area contributed by atoms with Gasteiger partial charge in [0, 0.05) is 16.8 Å². The molecule has 0 spiro atoms. The van der Waals surface area contributed by atoms with Crippen LogP contribution in [0.15, 0.2) is 75.9 Å². The van der Waals surface area contributed by atoms with Crippen molar-refractivity contribution in [3.63, 3.8) is 0 Å². The van der Waals surface area contributed by atoms with Gasteiger partial charge in [0.25, 0.3) is 5.91 Å². The Balaban J connectivity index is 1.54. The van der Waals surface area contributed by atoms with Crippen LogP contribution in [0.3, 0.4) is 0 Å². The van der Waals surface area contributed by atoms with Crippen molar-refractivity contribution in [2.75, 3.05) is 11.9 Å². The minimum Gasteiger partial charge on any atom is -0.484 e. The maximum absolute atomic E-state index is 13.1. The lowest BCUT2D eigenvalue weighted by atomic mass is 10.0. The summed E-state index contributed by atoms with van der Waals surface area (Å²) in [5.74, 6) is 0.677. The molecule has 32 heavy (non-hydrogen) atoms. The van der Waals surface area contributed by atoms with Crippen LogP contribution in [0.25, 0.3) is 22.1 Å². The van der Waals surface area contributed by atoms with Crippen LogP contribution in [0.4, 0.5) is 5.69 Å². The first-order valence-electron chi connectivity index (χ1n) is 10.3. The van der Waals surface area contributed by atoms with Gasteiger partial charge in [-0.2, -0.15) is 0 Å². The summed E-state index contributed by atoms with van der Waals surface area (Å²) in [7, 11) is 0. The van der Waals surface area contributed by atoms with E-state index in [1.54, 1.807) is 49.4 Å². The summed E-state index contributed by atoms with van der Waals surface area (Å²) in [6, 6.07) is 19.7. The molecule has 5 nitrogen and oxygen atoms in total. The van der Waals surface area contributed by atoms with E-state index in [9.17, 15) is 9.59 Å². The number of fused-ring (bicyclic) bond motifs is 1. The molecule has 1 N–H and O–H groups in total. The Hall–Kier alpha value is -3.57. The first kappa shape index (κ1) is 21.7. The van der Waals surface area contributed by atoms with E-state index in [1.165, 1.54) is 0 Å². The van der Waals surface area contributed by atoms with Gasteiger partial charge >= 0.3 is 0 Å². The predicted octanol–water partition coefficient (Wildman–Crippen LogP) is 6.00. The van der Waals surface area contributed by atoms with Crippen molar-refractivity contribution in [1.82, 2.24) is 0 Å². The molecule has 0 atom stereocenters. The summed E-state index contributed by atoms with van der Waals surface area (Å²) in [6.45, 7) is 3.62. The number of para-hydroxylation sites is 1. The number of nitrogens with one attached hydrogen (secondary N) is 1. The van der Waals surface area contributed by atoms with Gasteiger partial charge in [0.2, 0.25) is 5.43 Å². The molecule has 1 aromatic heterocycles. The van der Waals surface area contributed by atoms with Crippen molar-refractivity contribution < 1.29 is 13.9 Å². The largest absolute Gasteiger partial charge is 0.484 e. The van der Waals surface area contributed by atoms with Gasteiger partial charge in [-0.05, 0) is 54.8 Å². The number of carbonyl (C=O) groups is 1. The van der Waals surface area contributed by atoms with Crippen molar-refractivity contribution >= 4 is 34.2 Å². The maximum atomic E-state index is 13.1. The zero-order valence-electron chi connectivity index (χ0n) is 17.8. The Kier molecular flexibility index (Phi) is 6.28. The van der Waals surface area contributed by atoms with Gasteiger partial charge in [-0.3, -0.25) is 9.59 Å². The lowest BCUT2D eigenvalue weighted by Crippen LogP contribution is -2.20. The third-order valence-corrected chi connectivity index (χ3v) is 5.47. The van der Waals surface area contributed by atoms with Crippen molar-refractivity contribution in [2.24, 2.45) is 0 Å². The van der Waals surface area contributed by atoms with Gasteiger partial charge in [-0.15, -0.1) is 0 Å². The van der Waals surface area contributed by atoms with Gasteiger partial charge in [-0.25, -0.2) is 0 Å². The second-order valence-electron chi connectivity index (χ2n) is 7.37. The van der Waals surface area contributed by atoms with Crippen LogP contribution in [0, 0.1) is 6.92 Å². The van der Waals surface area contributed by atoms with Crippen LogP contribution >= 0.6 is 11.6 Å². The Bertz CT molecular complexity index is 1340. The maximum Gasteiger partial charge on any atom is 0.262 e. The summed E-state index contributed by atoms with van der Waals surface area (Å²) in [4.78, 5) is 25.4. The lowest BCUT2D eigenvalue weighted by Gasteiger charge is -2.11. The minimum atomic E-state index is -0.262. The summed E-state index contributed by atoms with van der Waals surface area (Å²) in [5, 5.41) is 3.91. The highest BCUT2D eigenvalue weighted by molar-refractivity contribution is 6.30. The topological polar surface area (TPSA) is 68.5 Å². The number of hydrogen-bond donors (Lipinski definition) is 1. The Labute approximate surface area is 190 Å². The average Bonchev–Trinajstić information content (AvgIpc) is 2.79. The molecular formula is C26H22ClNO4. The quantitative estimate of drug-likeness (QED) is 0.393. The number of ether oxygens (including phenoxy) is 1. The smallest absolute Gasteiger partial charge is 0.262 e. The van der Waals surface area contributed by atoms with E-state index >= 15 is 0 Å². The van der Waals surface area contributed by atoms with Crippen molar-refractivity contribution in [3.8, 4) is 16.9 Å². The normalized spacial score (nSPS) is 10.8. The summed E-state index contributed by atoms with van der Waals surface area (Å²) in [6.07, 6.45) is 0.818. The first-order valence-corrected chi connectivity index (χ1v) is 10.7. The van der Waals surface area contributed by atoms with E-state index in [1.807, 2.05) is 31.2 Å². The average molecular weight is 448 g/mol. The molecule has 0 saturated carbocycles. The van der Waals surface area contributed by atoms with Crippen molar-refractivity contribution in [1.29, 1.82) is 0 Å². The first-order chi connectivity index (χ1) is 15.5. The predicted molar refractivity (Wildman–Crippen MR) is 128 cm³/mol. The number of benzene rings is 3. The lowest BCUT2D eigenvalue weighted by molar-refractivity contribution is -0.118. The molecule has 0 saturated heterocycles. The molecule has 0 radical (unpaired) electrons. The molecular weight excluding hydrogens is 426 g/mol. The number of aryl methyl sites for hydroxylation is 2. The number of carbonyl (C=O) groups excluding carboxylic acids is 1. The Morgan fingerprint density at radius 2 is 1.81 bits per heavy atom. The van der Waals surface area contributed by atoms with Gasteiger partial charge in [0.15, 0.2) is 6.61 Å². The van der Waals surface area contributed by atoms with Gasteiger partial charge in [0.05, 0.1) is 10.9 Å². The van der Waals surface area contributed by atoms with Crippen LogP contribution in [-0.2, 0) is 11.2 Å². The molecule has 0 unspecified atom stereocenters. The van der Waals surface area contributed by atoms with E-state index < -0.39 is 0 Å². The molecule has 6 heteroatoms. The molecule has 1 heterocycles. The second-order valence-corrected chi connectivity index (χ2v) is 7.81. The molecule has 0 aliphatic rings. The molecule has 162 valence electrons. The van der Waals surface area contributed by atoms with Crippen molar-refractivity contribution in [3.05, 3.63) is 93.3 Å². The monoisotopic (exact) mass is 447 g/mol. The zero-order valence-corrected chi connectivity index (χ0v) is 18.5. The SMILES string of the molecule is CCc1ccccc1NC(=O)COc1ccc2c(=O)c(-c3ccc(Cl)cc3)c(C)oc2c1. The Morgan fingerprint density at radius 3 is 2.56 bits per heavy atom. The zero-order chi connectivity index (χ0) is 22.7. The minimum absolute atomic E-state index is 0.133. The van der Waals surface area contributed by atoms with Gasteiger partial charge < -0.3 is 14.5 Å². The van der Waals surface area contributed by atoms with E-state index in [-0.39, 0.29) is 17.9 Å². The third-order valence-electron chi connectivity index (χ3n) is 5.22. The number of rotatable bonds is 6. The van der Waals surface area contributed by atoms with Crippen LogP contribution < -0.4 is 15.5 Å². The molecule has 1 amide bonds. The fourth-order valence-corrected chi connectivity index (χ4v) is 3.74. The van der Waals surface area contributed by atoms with E-state index in [4.69, 9.17) is 20.8 Å². The fourth-order valence-electron chi connectivity index (χ4n) is 3.61. The highest BCUT2D eigenvalue weighted by Gasteiger charge is 2.15. The van der Waals surface area contributed by atoms with Crippen molar-refractivity contribution in [2.45, 2.75) is 20.3 Å². The summed E-state index contributed by atoms with van der Waals surface area (Å²) >= 11 is 5.96. The summed E-state index contributed by atoms with van der Waals surface area (Å²) in [5.41, 5.74) is 3.34. The van der Waals surface area contributed by atoms with E-state index in [2.05, 4.69) is 5.32 Å². The molecule has 0 bridgehead atoms. The fraction of sp³-hybridized carbons (Fsp3) is 0.154. The van der Waals surface area contributed by atoms with Gasteiger partial charge in [0.1, 0.15) is 17.1 Å². The number of halogens is 1. The molecule has 0 aliphatic heterocycles. The summed E-state index contributed by atoms with van der Waals surface area (Å²) < 4.78 is 11.6. The molecule has 3 aromatic carbocycles. The molecule has 0 aliphatic carbocycles. The molecule has 4 aromatic rings. The number of amides is 1. The highest BCUT2D eigenvalue weighted by Crippen LogP contribution is 2.27. The molecule has 4 rings (SSSR count). The van der Waals surface area contributed by atoms with E-state index in [0.29, 0.717) is 33.1 Å². The number of anilines is 1. The van der Waals surface area contributed by atoms with Crippen LogP contribution in [0.2, 0.25) is 5.02 Å².